The number of hydrogen-bond acceptors (Lipinski definition) is 2. The molecule has 0 radical (unpaired) electrons. The zero-order valence-corrected chi connectivity index (χ0v) is 10.8. The van der Waals surface area contributed by atoms with Crippen LogP contribution in [-0.4, -0.2) is 23.2 Å². The third kappa shape index (κ3) is 2.97. The monoisotopic (exact) mass is 227 g/mol. The van der Waals surface area contributed by atoms with Gasteiger partial charge in [-0.3, -0.25) is 4.79 Å². The van der Waals surface area contributed by atoms with Crippen LogP contribution in [0.15, 0.2) is 0 Å². The quantitative estimate of drug-likeness (QED) is 0.726. The zero-order valence-electron chi connectivity index (χ0n) is 10.8. The van der Waals surface area contributed by atoms with Crippen molar-refractivity contribution in [2.24, 2.45) is 11.8 Å². The number of rotatable bonds is 4. The Hall–Kier alpha value is -0.570. The fourth-order valence-electron chi connectivity index (χ4n) is 2.84. The number of carboxylic acid groups (broad SMARTS) is 1. The lowest BCUT2D eigenvalue weighted by atomic mass is 9.86. The molecular formula is C13H25NO2. The van der Waals surface area contributed by atoms with Crippen LogP contribution in [0.3, 0.4) is 0 Å². The molecule has 2 N–H and O–H groups in total. The van der Waals surface area contributed by atoms with Crippen LogP contribution in [0.4, 0.5) is 0 Å². The molecule has 1 aliphatic carbocycles. The Morgan fingerprint density at radius 2 is 2.12 bits per heavy atom. The van der Waals surface area contributed by atoms with Crippen LogP contribution in [0.5, 0.6) is 0 Å². The summed E-state index contributed by atoms with van der Waals surface area (Å²) in [6.07, 6.45) is 4.80. The predicted molar refractivity (Wildman–Crippen MR) is 65.5 cm³/mol. The molecular weight excluding hydrogens is 202 g/mol. The number of carboxylic acids is 1. The summed E-state index contributed by atoms with van der Waals surface area (Å²) >= 11 is 0. The van der Waals surface area contributed by atoms with Crippen molar-refractivity contribution in [2.75, 3.05) is 6.54 Å². The van der Waals surface area contributed by atoms with Crippen LogP contribution in [0.2, 0.25) is 0 Å². The molecule has 0 amide bonds. The van der Waals surface area contributed by atoms with Crippen LogP contribution in [0.1, 0.15) is 52.9 Å². The first-order valence-corrected chi connectivity index (χ1v) is 6.50. The fraction of sp³-hybridized carbons (Fsp3) is 0.923. The van der Waals surface area contributed by atoms with E-state index in [-0.39, 0.29) is 0 Å². The lowest BCUT2D eigenvalue weighted by molar-refractivity contribution is -0.145. The summed E-state index contributed by atoms with van der Waals surface area (Å²) in [7, 11) is 0. The molecule has 0 spiro atoms. The van der Waals surface area contributed by atoms with Gasteiger partial charge in [0.25, 0.3) is 0 Å². The van der Waals surface area contributed by atoms with Crippen LogP contribution >= 0.6 is 0 Å². The van der Waals surface area contributed by atoms with Crippen LogP contribution < -0.4 is 5.32 Å². The summed E-state index contributed by atoms with van der Waals surface area (Å²) in [6, 6.07) is 0. The SMILES string of the molecule is CCNC1(C(=O)O)CCCC(C(C)C)CC1. The van der Waals surface area contributed by atoms with Crippen molar-refractivity contribution in [1.82, 2.24) is 5.32 Å². The minimum atomic E-state index is -0.668. The van der Waals surface area contributed by atoms with Gasteiger partial charge in [-0.05, 0) is 37.6 Å². The highest BCUT2D eigenvalue weighted by Crippen LogP contribution is 2.34. The predicted octanol–water partition coefficient (Wildman–Crippen LogP) is 2.66. The van der Waals surface area contributed by atoms with Gasteiger partial charge in [0.1, 0.15) is 5.54 Å². The third-order valence-corrected chi connectivity index (χ3v) is 3.99. The van der Waals surface area contributed by atoms with Crippen molar-refractivity contribution in [3.63, 3.8) is 0 Å². The smallest absolute Gasteiger partial charge is 0.323 e. The first-order valence-electron chi connectivity index (χ1n) is 6.50. The maximum atomic E-state index is 11.4. The molecule has 0 aromatic rings. The van der Waals surface area contributed by atoms with E-state index in [1.165, 1.54) is 6.42 Å². The van der Waals surface area contributed by atoms with Crippen LogP contribution in [0.25, 0.3) is 0 Å². The Labute approximate surface area is 98.6 Å². The minimum Gasteiger partial charge on any atom is -0.480 e. The van der Waals surface area contributed by atoms with E-state index in [0.717, 1.165) is 32.2 Å². The molecule has 0 saturated heterocycles. The van der Waals surface area contributed by atoms with Crippen LogP contribution in [0, 0.1) is 11.8 Å². The number of nitrogens with one attached hydrogen (secondary N) is 1. The number of likely N-dealkylation sites (N-methyl/N-ethyl adjacent to an activating group) is 1. The Bertz CT molecular complexity index is 240. The van der Waals surface area contributed by atoms with Crippen molar-refractivity contribution in [1.29, 1.82) is 0 Å². The molecule has 1 aliphatic rings. The average Bonchev–Trinajstić information content (AvgIpc) is 2.42. The highest BCUT2D eigenvalue weighted by atomic mass is 16.4. The molecule has 0 heterocycles. The van der Waals surface area contributed by atoms with Gasteiger partial charge in [-0.1, -0.05) is 33.6 Å². The molecule has 1 rings (SSSR count). The van der Waals surface area contributed by atoms with E-state index in [1.54, 1.807) is 0 Å². The van der Waals surface area contributed by atoms with Gasteiger partial charge in [-0.25, -0.2) is 0 Å². The second kappa shape index (κ2) is 5.67. The van der Waals surface area contributed by atoms with Gasteiger partial charge >= 0.3 is 5.97 Å². The van der Waals surface area contributed by atoms with Gasteiger partial charge in [-0.15, -0.1) is 0 Å². The van der Waals surface area contributed by atoms with Gasteiger partial charge in [0.2, 0.25) is 0 Å². The molecule has 1 fully saturated rings. The second-order valence-electron chi connectivity index (χ2n) is 5.35. The summed E-state index contributed by atoms with van der Waals surface area (Å²) < 4.78 is 0. The molecule has 2 atom stereocenters. The molecule has 3 heteroatoms. The molecule has 0 aromatic carbocycles. The lowest BCUT2D eigenvalue weighted by Gasteiger charge is -2.29. The van der Waals surface area contributed by atoms with Crippen molar-refractivity contribution < 1.29 is 9.90 Å². The van der Waals surface area contributed by atoms with Crippen molar-refractivity contribution >= 4 is 5.97 Å². The Kier molecular flexibility index (Phi) is 4.78. The first kappa shape index (κ1) is 13.5. The third-order valence-electron chi connectivity index (χ3n) is 3.99. The topological polar surface area (TPSA) is 49.3 Å². The van der Waals surface area contributed by atoms with E-state index in [1.807, 2.05) is 6.92 Å². The number of carbonyl (C=O) groups is 1. The fourth-order valence-corrected chi connectivity index (χ4v) is 2.84. The maximum Gasteiger partial charge on any atom is 0.323 e. The van der Waals surface area contributed by atoms with Crippen molar-refractivity contribution in [3.05, 3.63) is 0 Å². The van der Waals surface area contributed by atoms with Gasteiger partial charge in [0, 0.05) is 0 Å². The molecule has 0 bridgehead atoms. The van der Waals surface area contributed by atoms with Gasteiger partial charge in [0.05, 0.1) is 0 Å². The summed E-state index contributed by atoms with van der Waals surface area (Å²) in [5, 5.41) is 12.6. The molecule has 0 aromatic heterocycles. The standard InChI is InChI=1S/C13H25NO2/c1-4-14-13(12(15)16)8-5-6-11(7-9-13)10(2)3/h10-11,14H,4-9H2,1-3H3,(H,15,16). The molecule has 2 unspecified atom stereocenters. The second-order valence-corrected chi connectivity index (χ2v) is 5.35. The van der Waals surface area contributed by atoms with Gasteiger partial charge in [0.15, 0.2) is 0 Å². The molecule has 1 saturated carbocycles. The molecule has 16 heavy (non-hydrogen) atoms. The van der Waals surface area contributed by atoms with Crippen molar-refractivity contribution in [3.8, 4) is 0 Å². The highest BCUT2D eigenvalue weighted by Gasteiger charge is 2.39. The Morgan fingerprint density at radius 3 is 2.62 bits per heavy atom. The van der Waals surface area contributed by atoms with E-state index < -0.39 is 11.5 Å². The van der Waals surface area contributed by atoms with Gasteiger partial charge in [-0.2, -0.15) is 0 Å². The van der Waals surface area contributed by atoms with E-state index in [9.17, 15) is 9.90 Å². The van der Waals surface area contributed by atoms with Crippen molar-refractivity contribution in [2.45, 2.75) is 58.4 Å². The molecule has 94 valence electrons. The highest BCUT2D eigenvalue weighted by molar-refractivity contribution is 5.78. The average molecular weight is 227 g/mol. The molecule has 3 nitrogen and oxygen atoms in total. The minimum absolute atomic E-state index is 0.654. The summed E-state index contributed by atoms with van der Waals surface area (Å²) in [5.41, 5.74) is -0.654. The van der Waals surface area contributed by atoms with E-state index >= 15 is 0 Å². The lowest BCUT2D eigenvalue weighted by Crippen LogP contribution is -2.51. The summed E-state index contributed by atoms with van der Waals surface area (Å²) in [4.78, 5) is 11.4. The van der Waals surface area contributed by atoms with E-state index in [4.69, 9.17) is 0 Å². The Morgan fingerprint density at radius 1 is 1.44 bits per heavy atom. The zero-order chi connectivity index (χ0) is 12.2. The van der Waals surface area contributed by atoms with Gasteiger partial charge < -0.3 is 10.4 Å². The maximum absolute atomic E-state index is 11.4. The van der Waals surface area contributed by atoms with E-state index in [0.29, 0.717) is 11.8 Å². The number of hydrogen-bond donors (Lipinski definition) is 2. The normalized spacial score (nSPS) is 31.4. The molecule has 0 aliphatic heterocycles. The first-order chi connectivity index (χ1) is 7.52. The van der Waals surface area contributed by atoms with Crippen LogP contribution in [-0.2, 0) is 4.79 Å². The Balaban J connectivity index is 2.71. The van der Waals surface area contributed by atoms with E-state index in [2.05, 4.69) is 19.2 Å². The largest absolute Gasteiger partial charge is 0.480 e. The summed E-state index contributed by atoms with van der Waals surface area (Å²) in [6.45, 7) is 7.20. The summed E-state index contributed by atoms with van der Waals surface area (Å²) in [5.74, 6) is 0.699. The number of aliphatic carboxylic acids is 1.